The molecule has 0 aromatic rings. The third kappa shape index (κ3) is 3.88. The Kier molecular flexibility index (Phi) is 5.01. The van der Waals surface area contributed by atoms with Gasteiger partial charge in [0.2, 0.25) is 0 Å². The van der Waals surface area contributed by atoms with Gasteiger partial charge in [-0.1, -0.05) is 20.3 Å². The molecule has 0 saturated carbocycles. The Bertz CT molecular complexity index is 259. The van der Waals surface area contributed by atoms with E-state index in [0.29, 0.717) is 0 Å². The van der Waals surface area contributed by atoms with Crippen molar-refractivity contribution in [3.8, 4) is 0 Å². The summed E-state index contributed by atoms with van der Waals surface area (Å²) in [5.74, 6) is 2.13. The summed E-state index contributed by atoms with van der Waals surface area (Å²) in [6, 6.07) is 0.723. The monoisotopic (exact) mass is 270 g/mol. The minimum absolute atomic E-state index is 0.282. The van der Waals surface area contributed by atoms with Gasteiger partial charge in [-0.3, -0.25) is 4.90 Å². The summed E-state index contributed by atoms with van der Waals surface area (Å²) in [5.41, 5.74) is 0.282. The van der Waals surface area contributed by atoms with Crippen LogP contribution in [0.1, 0.15) is 47.0 Å². The molecule has 106 valence electrons. The van der Waals surface area contributed by atoms with Gasteiger partial charge in [0.1, 0.15) is 0 Å². The van der Waals surface area contributed by atoms with E-state index in [-0.39, 0.29) is 5.54 Å². The van der Waals surface area contributed by atoms with E-state index in [4.69, 9.17) is 0 Å². The van der Waals surface area contributed by atoms with E-state index in [1.807, 2.05) is 0 Å². The topological polar surface area (TPSA) is 15.3 Å². The van der Waals surface area contributed by atoms with Crippen LogP contribution in [0, 0.1) is 5.92 Å². The van der Waals surface area contributed by atoms with Gasteiger partial charge in [0.25, 0.3) is 0 Å². The summed E-state index contributed by atoms with van der Waals surface area (Å²) in [5, 5.41) is 4.59. The van der Waals surface area contributed by atoms with Gasteiger partial charge < -0.3 is 5.32 Å². The summed E-state index contributed by atoms with van der Waals surface area (Å²) in [7, 11) is 0. The Labute approximate surface area is 117 Å². The highest BCUT2D eigenvalue weighted by molar-refractivity contribution is 7.99. The van der Waals surface area contributed by atoms with E-state index in [9.17, 15) is 0 Å². The number of nitrogens with zero attached hydrogens (tertiary/aromatic N) is 1. The van der Waals surface area contributed by atoms with Crippen LogP contribution in [0.3, 0.4) is 0 Å². The standard InChI is InChI=1S/C15H30N2S/c1-12(2)14-9-16-15(3,4)11-17(14)10-13-7-5-6-8-18-13/h12-14,16H,5-11H2,1-4H3. The molecule has 0 aliphatic carbocycles. The number of piperazine rings is 1. The fourth-order valence-electron chi connectivity index (χ4n) is 3.26. The maximum Gasteiger partial charge on any atom is 0.0252 e. The maximum absolute atomic E-state index is 3.71. The van der Waals surface area contributed by atoms with E-state index >= 15 is 0 Å². The maximum atomic E-state index is 3.71. The van der Waals surface area contributed by atoms with Crippen LogP contribution in [0.15, 0.2) is 0 Å². The molecule has 0 amide bonds. The Morgan fingerprint density at radius 2 is 2.11 bits per heavy atom. The number of thioether (sulfide) groups is 1. The van der Waals surface area contributed by atoms with Crippen LogP contribution in [0.25, 0.3) is 0 Å². The largest absolute Gasteiger partial charge is 0.309 e. The van der Waals surface area contributed by atoms with Crippen LogP contribution < -0.4 is 5.32 Å². The smallest absolute Gasteiger partial charge is 0.0252 e. The van der Waals surface area contributed by atoms with Gasteiger partial charge in [0.15, 0.2) is 0 Å². The molecule has 2 nitrogen and oxygen atoms in total. The van der Waals surface area contributed by atoms with Crippen molar-refractivity contribution in [3.63, 3.8) is 0 Å². The fourth-order valence-corrected chi connectivity index (χ4v) is 4.60. The first kappa shape index (κ1) is 14.7. The molecule has 2 rings (SSSR count). The second kappa shape index (κ2) is 6.15. The minimum atomic E-state index is 0.282. The van der Waals surface area contributed by atoms with Gasteiger partial charge >= 0.3 is 0 Å². The Morgan fingerprint density at radius 1 is 1.33 bits per heavy atom. The molecule has 2 unspecified atom stereocenters. The van der Waals surface area contributed by atoms with E-state index in [0.717, 1.165) is 23.8 Å². The normalized spacial score (nSPS) is 33.8. The van der Waals surface area contributed by atoms with Crippen molar-refractivity contribution in [2.24, 2.45) is 5.92 Å². The van der Waals surface area contributed by atoms with Crippen molar-refractivity contribution in [2.75, 3.05) is 25.4 Å². The molecule has 2 aliphatic rings. The average Bonchev–Trinajstić information content (AvgIpc) is 2.28. The first-order valence-corrected chi connectivity index (χ1v) is 8.63. The molecular weight excluding hydrogens is 240 g/mol. The van der Waals surface area contributed by atoms with Gasteiger partial charge in [0.05, 0.1) is 0 Å². The highest BCUT2D eigenvalue weighted by Crippen LogP contribution is 2.28. The highest BCUT2D eigenvalue weighted by atomic mass is 32.2. The highest BCUT2D eigenvalue weighted by Gasteiger charge is 2.35. The zero-order valence-electron chi connectivity index (χ0n) is 12.5. The van der Waals surface area contributed by atoms with Crippen LogP contribution in [0.4, 0.5) is 0 Å². The van der Waals surface area contributed by atoms with E-state index in [2.05, 4.69) is 49.7 Å². The Hall–Kier alpha value is 0.270. The molecule has 0 aromatic heterocycles. The van der Waals surface area contributed by atoms with Gasteiger partial charge in [-0.05, 0) is 38.4 Å². The van der Waals surface area contributed by atoms with E-state index < -0.39 is 0 Å². The predicted octanol–water partition coefficient (Wildman–Crippen LogP) is 2.98. The molecule has 2 fully saturated rings. The third-order valence-corrected chi connectivity index (χ3v) is 5.72. The number of rotatable bonds is 3. The van der Waals surface area contributed by atoms with E-state index in [1.54, 1.807) is 0 Å². The lowest BCUT2D eigenvalue weighted by atomic mass is 9.92. The van der Waals surface area contributed by atoms with Crippen molar-refractivity contribution in [3.05, 3.63) is 0 Å². The molecule has 2 saturated heterocycles. The lowest BCUT2D eigenvalue weighted by Crippen LogP contribution is -2.63. The summed E-state index contributed by atoms with van der Waals surface area (Å²) in [6.07, 6.45) is 4.31. The summed E-state index contributed by atoms with van der Waals surface area (Å²) in [4.78, 5) is 2.77. The molecule has 0 spiro atoms. The molecule has 18 heavy (non-hydrogen) atoms. The number of hydrogen-bond acceptors (Lipinski definition) is 3. The fraction of sp³-hybridized carbons (Fsp3) is 1.00. The van der Waals surface area contributed by atoms with Crippen molar-refractivity contribution in [1.82, 2.24) is 10.2 Å². The van der Waals surface area contributed by atoms with Crippen LogP contribution in [-0.2, 0) is 0 Å². The first-order chi connectivity index (χ1) is 8.48. The zero-order chi connectivity index (χ0) is 13.2. The second-order valence-corrected chi connectivity index (χ2v) is 8.40. The SMILES string of the molecule is CC(C)C1CNC(C)(C)CN1CC1CCCCS1. The van der Waals surface area contributed by atoms with Crippen molar-refractivity contribution < 1.29 is 0 Å². The quantitative estimate of drug-likeness (QED) is 0.849. The first-order valence-electron chi connectivity index (χ1n) is 7.58. The minimum Gasteiger partial charge on any atom is -0.309 e. The third-order valence-electron chi connectivity index (χ3n) is 4.34. The summed E-state index contributed by atoms with van der Waals surface area (Å²) >= 11 is 2.21. The molecule has 0 radical (unpaired) electrons. The Balaban J connectivity index is 1.95. The second-order valence-electron chi connectivity index (χ2n) is 6.99. The molecule has 0 aromatic carbocycles. The lowest BCUT2D eigenvalue weighted by molar-refractivity contribution is 0.0690. The lowest BCUT2D eigenvalue weighted by Gasteiger charge is -2.47. The van der Waals surface area contributed by atoms with Crippen molar-refractivity contribution in [2.45, 2.75) is 63.8 Å². The van der Waals surface area contributed by atoms with Gasteiger partial charge in [-0.2, -0.15) is 11.8 Å². The van der Waals surface area contributed by atoms with Crippen molar-refractivity contribution in [1.29, 1.82) is 0 Å². The molecule has 2 aliphatic heterocycles. The van der Waals surface area contributed by atoms with Crippen LogP contribution in [0.2, 0.25) is 0 Å². The molecule has 1 N–H and O–H groups in total. The van der Waals surface area contributed by atoms with Gasteiger partial charge in [-0.25, -0.2) is 0 Å². The van der Waals surface area contributed by atoms with Gasteiger partial charge in [-0.15, -0.1) is 0 Å². The molecule has 0 bridgehead atoms. The zero-order valence-corrected chi connectivity index (χ0v) is 13.4. The average molecular weight is 270 g/mol. The summed E-state index contributed by atoms with van der Waals surface area (Å²) < 4.78 is 0. The van der Waals surface area contributed by atoms with Crippen LogP contribution in [0.5, 0.6) is 0 Å². The Morgan fingerprint density at radius 3 is 2.72 bits per heavy atom. The molecular formula is C15H30N2S. The van der Waals surface area contributed by atoms with Crippen LogP contribution in [-0.4, -0.2) is 47.1 Å². The molecule has 2 atom stereocenters. The predicted molar refractivity (Wildman–Crippen MR) is 82.4 cm³/mol. The van der Waals surface area contributed by atoms with Crippen molar-refractivity contribution >= 4 is 11.8 Å². The van der Waals surface area contributed by atoms with E-state index in [1.165, 1.54) is 38.1 Å². The molecule has 3 heteroatoms. The summed E-state index contributed by atoms with van der Waals surface area (Å²) in [6.45, 7) is 13.1. The van der Waals surface area contributed by atoms with Crippen LogP contribution >= 0.6 is 11.8 Å². The number of nitrogens with one attached hydrogen (secondary N) is 1. The number of hydrogen-bond donors (Lipinski definition) is 1. The molecule has 2 heterocycles. The van der Waals surface area contributed by atoms with Gasteiger partial charge in [0, 0.05) is 36.5 Å².